The summed E-state index contributed by atoms with van der Waals surface area (Å²) in [5.41, 5.74) is 8.03. The van der Waals surface area contributed by atoms with E-state index >= 15 is 0 Å². The van der Waals surface area contributed by atoms with Crippen LogP contribution in [0.1, 0.15) is 42.4 Å². The number of hydrazone groups is 1. The molecule has 2 heterocycles. The fraction of sp³-hybridized carbons (Fsp3) is 0.192. The molecule has 4 aromatic rings. The quantitative estimate of drug-likeness (QED) is 0.332. The van der Waals surface area contributed by atoms with Crippen molar-refractivity contribution in [1.82, 2.24) is 20.0 Å². The van der Waals surface area contributed by atoms with Crippen LogP contribution in [0.2, 0.25) is 0 Å². The Morgan fingerprint density at radius 3 is 2.53 bits per heavy atom. The molecule has 2 aromatic carbocycles. The zero-order chi connectivity index (χ0) is 24.2. The first-order valence-electron chi connectivity index (χ1n) is 11.0. The summed E-state index contributed by atoms with van der Waals surface area (Å²) in [4.78, 5) is 29.6. The van der Waals surface area contributed by atoms with Gasteiger partial charge in [0.15, 0.2) is 5.65 Å². The zero-order valence-electron chi connectivity index (χ0n) is 19.5. The number of anilines is 1. The van der Waals surface area contributed by atoms with Gasteiger partial charge in [-0.1, -0.05) is 56.3 Å². The molecule has 0 unspecified atom stereocenters. The minimum absolute atomic E-state index is 0.0641. The second-order valence-corrected chi connectivity index (χ2v) is 8.31. The van der Waals surface area contributed by atoms with E-state index in [1.807, 2.05) is 81.4 Å². The number of hydrogen-bond acceptors (Lipinski definition) is 5. The number of carbonyl (C=O) groups is 2. The van der Waals surface area contributed by atoms with E-state index in [1.54, 1.807) is 11.4 Å². The van der Waals surface area contributed by atoms with Crippen LogP contribution < -0.4 is 10.7 Å². The van der Waals surface area contributed by atoms with Crippen molar-refractivity contribution in [2.24, 2.45) is 11.0 Å². The van der Waals surface area contributed by atoms with Crippen molar-refractivity contribution < 1.29 is 9.59 Å². The van der Waals surface area contributed by atoms with Gasteiger partial charge in [0.1, 0.15) is 5.56 Å². The van der Waals surface area contributed by atoms with Crippen LogP contribution in [0, 0.1) is 12.8 Å². The average Bonchev–Trinajstić information content (AvgIpc) is 3.28. The Kier molecular flexibility index (Phi) is 6.49. The highest BCUT2D eigenvalue weighted by Crippen LogP contribution is 2.21. The monoisotopic (exact) mass is 454 g/mol. The van der Waals surface area contributed by atoms with E-state index in [2.05, 4.69) is 25.9 Å². The summed E-state index contributed by atoms with van der Waals surface area (Å²) in [5, 5.41) is 11.4. The molecule has 0 saturated carbocycles. The van der Waals surface area contributed by atoms with E-state index in [4.69, 9.17) is 0 Å². The Hall–Kier alpha value is -4.33. The van der Waals surface area contributed by atoms with Gasteiger partial charge in [0, 0.05) is 22.9 Å². The minimum Gasteiger partial charge on any atom is -0.326 e. The number of benzene rings is 2. The third-order valence-electron chi connectivity index (χ3n) is 5.36. The SMILES string of the molecule is CC(=NNC(=O)c1cnn2c(C)cc(-c3ccccc3)nc12)c1cccc(NC(=O)C(C)C)c1. The van der Waals surface area contributed by atoms with Crippen molar-refractivity contribution in [3.63, 3.8) is 0 Å². The number of aromatic nitrogens is 3. The Morgan fingerprint density at radius 2 is 1.79 bits per heavy atom. The van der Waals surface area contributed by atoms with E-state index in [9.17, 15) is 9.59 Å². The summed E-state index contributed by atoms with van der Waals surface area (Å²) in [6, 6.07) is 19.0. The number of hydrogen-bond donors (Lipinski definition) is 2. The lowest BCUT2D eigenvalue weighted by molar-refractivity contribution is -0.118. The maximum Gasteiger partial charge on any atom is 0.276 e. The third-order valence-corrected chi connectivity index (χ3v) is 5.36. The first-order chi connectivity index (χ1) is 16.3. The van der Waals surface area contributed by atoms with Gasteiger partial charge in [-0.2, -0.15) is 10.2 Å². The Balaban J connectivity index is 1.57. The molecule has 0 radical (unpaired) electrons. The van der Waals surface area contributed by atoms with Crippen LogP contribution in [0.5, 0.6) is 0 Å². The Morgan fingerprint density at radius 1 is 1.03 bits per heavy atom. The molecule has 8 heteroatoms. The zero-order valence-corrected chi connectivity index (χ0v) is 19.5. The fourth-order valence-electron chi connectivity index (χ4n) is 3.40. The first kappa shape index (κ1) is 22.8. The van der Waals surface area contributed by atoms with E-state index in [0.717, 1.165) is 22.5 Å². The molecule has 0 atom stereocenters. The van der Waals surface area contributed by atoms with Gasteiger partial charge in [-0.3, -0.25) is 9.59 Å². The van der Waals surface area contributed by atoms with Crippen molar-refractivity contribution in [2.45, 2.75) is 27.7 Å². The lowest BCUT2D eigenvalue weighted by Gasteiger charge is -2.09. The third kappa shape index (κ3) is 4.85. The summed E-state index contributed by atoms with van der Waals surface area (Å²) in [6.45, 7) is 7.38. The summed E-state index contributed by atoms with van der Waals surface area (Å²) in [5.74, 6) is -0.593. The van der Waals surface area contributed by atoms with Gasteiger partial charge in [-0.15, -0.1) is 0 Å². The second-order valence-electron chi connectivity index (χ2n) is 8.31. The number of amides is 2. The van der Waals surface area contributed by atoms with Gasteiger partial charge in [-0.05, 0) is 37.6 Å². The lowest BCUT2D eigenvalue weighted by atomic mass is 10.1. The van der Waals surface area contributed by atoms with Crippen molar-refractivity contribution >= 4 is 28.9 Å². The molecule has 0 aliphatic heterocycles. The molecule has 0 saturated heterocycles. The molecule has 4 rings (SSSR count). The molecule has 0 fully saturated rings. The van der Waals surface area contributed by atoms with Crippen molar-refractivity contribution in [3.05, 3.63) is 83.7 Å². The Bertz CT molecular complexity index is 1390. The molecule has 0 aliphatic rings. The Labute approximate surface area is 197 Å². The fourth-order valence-corrected chi connectivity index (χ4v) is 3.40. The predicted octanol–water partition coefficient (Wildman–Crippen LogP) is 4.45. The molecule has 2 N–H and O–H groups in total. The van der Waals surface area contributed by atoms with Crippen molar-refractivity contribution in [1.29, 1.82) is 0 Å². The molecular formula is C26H26N6O2. The number of carbonyl (C=O) groups excluding carboxylic acids is 2. The molecule has 2 amide bonds. The van der Waals surface area contributed by atoms with Crippen LogP contribution >= 0.6 is 0 Å². The van der Waals surface area contributed by atoms with Crippen LogP contribution in [0.25, 0.3) is 16.9 Å². The first-order valence-corrected chi connectivity index (χ1v) is 11.0. The van der Waals surface area contributed by atoms with Crippen molar-refractivity contribution in [2.75, 3.05) is 5.32 Å². The number of nitrogens with one attached hydrogen (secondary N) is 2. The van der Waals surface area contributed by atoms with Crippen LogP contribution in [0.4, 0.5) is 5.69 Å². The van der Waals surface area contributed by atoms with Crippen LogP contribution in [-0.2, 0) is 4.79 Å². The number of fused-ring (bicyclic) bond motifs is 1. The van der Waals surface area contributed by atoms with Gasteiger partial charge in [0.25, 0.3) is 5.91 Å². The van der Waals surface area contributed by atoms with Gasteiger partial charge in [-0.25, -0.2) is 14.9 Å². The van der Waals surface area contributed by atoms with Gasteiger partial charge < -0.3 is 5.32 Å². The highest BCUT2D eigenvalue weighted by molar-refractivity contribution is 6.03. The van der Waals surface area contributed by atoms with Crippen LogP contribution in [0.15, 0.2) is 72.0 Å². The van der Waals surface area contributed by atoms with Crippen LogP contribution in [-0.4, -0.2) is 32.1 Å². The van der Waals surface area contributed by atoms with E-state index in [1.165, 1.54) is 6.20 Å². The lowest BCUT2D eigenvalue weighted by Crippen LogP contribution is -2.20. The smallest absolute Gasteiger partial charge is 0.276 e. The van der Waals surface area contributed by atoms with Gasteiger partial charge in [0.05, 0.1) is 17.6 Å². The predicted molar refractivity (Wildman–Crippen MR) is 133 cm³/mol. The largest absolute Gasteiger partial charge is 0.326 e. The average molecular weight is 455 g/mol. The number of nitrogens with zero attached hydrogens (tertiary/aromatic N) is 4. The summed E-state index contributed by atoms with van der Waals surface area (Å²) >= 11 is 0. The summed E-state index contributed by atoms with van der Waals surface area (Å²) in [7, 11) is 0. The second kappa shape index (κ2) is 9.66. The van der Waals surface area contributed by atoms with E-state index in [-0.39, 0.29) is 11.8 Å². The maximum atomic E-state index is 12.9. The summed E-state index contributed by atoms with van der Waals surface area (Å²) < 4.78 is 1.64. The topological polar surface area (TPSA) is 101 Å². The minimum atomic E-state index is -0.407. The number of aryl methyl sites for hydroxylation is 1. The van der Waals surface area contributed by atoms with Crippen LogP contribution in [0.3, 0.4) is 0 Å². The van der Waals surface area contributed by atoms with Gasteiger partial charge >= 0.3 is 0 Å². The highest BCUT2D eigenvalue weighted by atomic mass is 16.2. The molecule has 34 heavy (non-hydrogen) atoms. The van der Waals surface area contributed by atoms with E-state index < -0.39 is 5.91 Å². The normalized spacial score (nSPS) is 11.6. The van der Waals surface area contributed by atoms with E-state index in [0.29, 0.717) is 22.6 Å². The van der Waals surface area contributed by atoms with Crippen molar-refractivity contribution in [3.8, 4) is 11.3 Å². The molecule has 0 bridgehead atoms. The molecule has 0 spiro atoms. The van der Waals surface area contributed by atoms with Gasteiger partial charge in [0.2, 0.25) is 5.91 Å². The molecule has 2 aromatic heterocycles. The maximum absolute atomic E-state index is 12.9. The summed E-state index contributed by atoms with van der Waals surface area (Å²) in [6.07, 6.45) is 1.49. The standard InChI is InChI=1S/C26H26N6O2/c1-16(2)25(33)28-21-12-8-11-20(14-21)18(4)30-31-26(34)22-15-27-32-17(3)13-23(29-24(22)32)19-9-6-5-7-10-19/h5-16H,1-4H3,(H,28,33)(H,31,34). The number of rotatable bonds is 6. The highest BCUT2D eigenvalue weighted by Gasteiger charge is 2.16. The molecule has 8 nitrogen and oxygen atoms in total. The molecule has 0 aliphatic carbocycles. The molecular weight excluding hydrogens is 428 g/mol. The molecule has 172 valence electrons.